The predicted molar refractivity (Wildman–Crippen MR) is 73.7 cm³/mol. The minimum Gasteiger partial charge on any atom is -0.494 e. The van der Waals surface area contributed by atoms with Crippen molar-refractivity contribution in [1.29, 1.82) is 0 Å². The van der Waals surface area contributed by atoms with Gasteiger partial charge in [-0.2, -0.15) is 0 Å². The Morgan fingerprint density at radius 2 is 2.22 bits per heavy atom. The molecule has 4 heteroatoms. The molecule has 98 valence electrons. The van der Waals surface area contributed by atoms with Crippen LogP contribution < -0.4 is 10.5 Å². The summed E-state index contributed by atoms with van der Waals surface area (Å²) in [5, 5.41) is 0. The zero-order valence-corrected chi connectivity index (χ0v) is 11.1. The third kappa shape index (κ3) is 2.82. The number of benzene rings is 1. The van der Waals surface area contributed by atoms with E-state index in [0.717, 1.165) is 41.9 Å². The van der Waals surface area contributed by atoms with E-state index in [9.17, 15) is 0 Å². The fourth-order valence-corrected chi connectivity index (χ4v) is 2.00. The van der Waals surface area contributed by atoms with Crippen LogP contribution in [0.15, 0.2) is 18.2 Å². The summed E-state index contributed by atoms with van der Waals surface area (Å²) in [6.45, 7) is 4.81. The Labute approximate surface area is 108 Å². The number of nitrogens with zero attached hydrogens (tertiary/aromatic N) is 1. The topological polar surface area (TPSA) is 63.9 Å². The lowest BCUT2D eigenvalue weighted by molar-refractivity contribution is 0.340. The Hall–Kier alpha value is -1.55. The van der Waals surface area contributed by atoms with Crippen LogP contribution in [-0.2, 0) is 0 Å². The largest absolute Gasteiger partial charge is 0.494 e. The summed E-state index contributed by atoms with van der Waals surface area (Å²) in [5.74, 6) is 1.73. The normalized spacial score (nSPS) is 12.8. The molecule has 1 heterocycles. The van der Waals surface area contributed by atoms with Crippen molar-refractivity contribution >= 4 is 11.0 Å². The first-order chi connectivity index (χ1) is 8.74. The average Bonchev–Trinajstić information content (AvgIpc) is 2.79. The molecule has 1 atom stereocenters. The maximum absolute atomic E-state index is 6.12. The second-order valence-corrected chi connectivity index (χ2v) is 4.48. The molecule has 18 heavy (non-hydrogen) atoms. The Balaban J connectivity index is 2.21. The van der Waals surface area contributed by atoms with Gasteiger partial charge in [-0.05, 0) is 25.5 Å². The van der Waals surface area contributed by atoms with Gasteiger partial charge in [0.1, 0.15) is 11.6 Å². The number of unbranched alkanes of at least 4 members (excludes halogenated alkanes) is 1. The number of fused-ring (bicyclic) bond motifs is 1. The maximum Gasteiger partial charge on any atom is 0.124 e. The van der Waals surface area contributed by atoms with Crippen molar-refractivity contribution < 1.29 is 4.74 Å². The zero-order chi connectivity index (χ0) is 13.0. The summed E-state index contributed by atoms with van der Waals surface area (Å²) >= 11 is 0. The SMILES string of the molecule is CCCCC(N)c1nc2ccc(OCC)cc2[nH]1. The molecule has 4 nitrogen and oxygen atoms in total. The number of rotatable bonds is 6. The van der Waals surface area contributed by atoms with Gasteiger partial charge in [-0.1, -0.05) is 19.8 Å². The van der Waals surface area contributed by atoms with Crippen LogP contribution in [0.3, 0.4) is 0 Å². The maximum atomic E-state index is 6.12. The number of imidazole rings is 1. The highest BCUT2D eigenvalue weighted by atomic mass is 16.5. The summed E-state index contributed by atoms with van der Waals surface area (Å²) in [6.07, 6.45) is 3.25. The zero-order valence-electron chi connectivity index (χ0n) is 11.1. The standard InChI is InChI=1S/C14H21N3O/c1-3-5-6-11(15)14-16-12-8-7-10(18-4-2)9-13(12)17-14/h7-9,11H,3-6,15H2,1-2H3,(H,16,17). The van der Waals surface area contributed by atoms with Crippen LogP contribution in [0.25, 0.3) is 11.0 Å². The van der Waals surface area contributed by atoms with Crippen molar-refractivity contribution in [2.45, 2.75) is 39.2 Å². The fourth-order valence-electron chi connectivity index (χ4n) is 2.00. The van der Waals surface area contributed by atoms with Gasteiger partial charge < -0.3 is 15.5 Å². The number of aromatic amines is 1. The Morgan fingerprint density at radius 3 is 2.94 bits per heavy atom. The molecule has 1 aromatic heterocycles. The average molecular weight is 247 g/mol. The van der Waals surface area contributed by atoms with Gasteiger partial charge in [-0.15, -0.1) is 0 Å². The Kier molecular flexibility index (Phi) is 4.20. The van der Waals surface area contributed by atoms with Crippen LogP contribution in [0.5, 0.6) is 5.75 Å². The molecule has 0 saturated heterocycles. The fraction of sp³-hybridized carbons (Fsp3) is 0.500. The molecular weight excluding hydrogens is 226 g/mol. The molecule has 0 aliphatic heterocycles. The van der Waals surface area contributed by atoms with Crippen molar-refractivity contribution in [3.8, 4) is 5.75 Å². The first kappa shape index (κ1) is 12.9. The number of hydrogen-bond donors (Lipinski definition) is 2. The molecule has 2 rings (SSSR count). The van der Waals surface area contributed by atoms with Crippen LogP contribution in [0, 0.1) is 0 Å². The van der Waals surface area contributed by atoms with Crippen LogP contribution in [-0.4, -0.2) is 16.6 Å². The van der Waals surface area contributed by atoms with E-state index in [-0.39, 0.29) is 6.04 Å². The van der Waals surface area contributed by atoms with E-state index in [1.807, 2.05) is 25.1 Å². The summed E-state index contributed by atoms with van der Waals surface area (Å²) in [7, 11) is 0. The molecule has 1 unspecified atom stereocenters. The summed E-state index contributed by atoms with van der Waals surface area (Å²) in [5.41, 5.74) is 8.05. The second kappa shape index (κ2) is 5.87. The molecule has 0 bridgehead atoms. The van der Waals surface area contributed by atoms with Gasteiger partial charge in [0.05, 0.1) is 23.7 Å². The highest BCUT2D eigenvalue weighted by Gasteiger charge is 2.11. The first-order valence-corrected chi connectivity index (χ1v) is 6.62. The minimum atomic E-state index is -0.00658. The molecule has 0 aliphatic rings. The molecule has 0 radical (unpaired) electrons. The molecule has 3 N–H and O–H groups in total. The van der Waals surface area contributed by atoms with Crippen LogP contribution in [0.1, 0.15) is 45.0 Å². The van der Waals surface area contributed by atoms with Gasteiger partial charge in [-0.3, -0.25) is 0 Å². The van der Waals surface area contributed by atoms with Gasteiger partial charge in [0.2, 0.25) is 0 Å². The Morgan fingerprint density at radius 1 is 1.39 bits per heavy atom. The third-order valence-corrected chi connectivity index (χ3v) is 3.00. The van der Waals surface area contributed by atoms with E-state index in [1.54, 1.807) is 0 Å². The quantitative estimate of drug-likeness (QED) is 0.824. The lowest BCUT2D eigenvalue weighted by Crippen LogP contribution is -2.11. The highest BCUT2D eigenvalue weighted by Crippen LogP contribution is 2.22. The molecule has 2 aromatic rings. The van der Waals surface area contributed by atoms with Crippen LogP contribution in [0.2, 0.25) is 0 Å². The van der Waals surface area contributed by atoms with Crippen LogP contribution >= 0.6 is 0 Å². The summed E-state index contributed by atoms with van der Waals surface area (Å²) < 4.78 is 5.47. The van der Waals surface area contributed by atoms with E-state index < -0.39 is 0 Å². The van der Waals surface area contributed by atoms with Crippen molar-refractivity contribution in [2.75, 3.05) is 6.61 Å². The predicted octanol–water partition coefficient (Wildman–Crippen LogP) is 3.15. The van der Waals surface area contributed by atoms with Gasteiger partial charge in [0.25, 0.3) is 0 Å². The number of nitrogens with one attached hydrogen (secondary N) is 1. The van der Waals surface area contributed by atoms with Crippen molar-refractivity contribution in [2.24, 2.45) is 5.73 Å². The monoisotopic (exact) mass is 247 g/mol. The van der Waals surface area contributed by atoms with Gasteiger partial charge in [0, 0.05) is 6.07 Å². The number of hydrogen-bond acceptors (Lipinski definition) is 3. The van der Waals surface area contributed by atoms with Crippen LogP contribution in [0.4, 0.5) is 0 Å². The molecule has 0 amide bonds. The van der Waals surface area contributed by atoms with Gasteiger partial charge in [-0.25, -0.2) is 4.98 Å². The molecule has 0 fully saturated rings. The number of H-pyrrole nitrogens is 1. The lowest BCUT2D eigenvalue weighted by atomic mass is 10.1. The van der Waals surface area contributed by atoms with Crippen molar-refractivity contribution in [1.82, 2.24) is 9.97 Å². The smallest absolute Gasteiger partial charge is 0.124 e. The molecule has 1 aromatic carbocycles. The number of ether oxygens (including phenoxy) is 1. The molecular formula is C14H21N3O. The Bertz CT molecular complexity index is 507. The molecule has 0 aliphatic carbocycles. The third-order valence-electron chi connectivity index (χ3n) is 3.00. The van der Waals surface area contributed by atoms with E-state index in [2.05, 4.69) is 16.9 Å². The number of nitrogens with two attached hydrogens (primary N) is 1. The summed E-state index contributed by atoms with van der Waals surface area (Å²) in [6, 6.07) is 5.87. The molecule has 0 spiro atoms. The van der Waals surface area contributed by atoms with Gasteiger partial charge >= 0.3 is 0 Å². The van der Waals surface area contributed by atoms with E-state index >= 15 is 0 Å². The highest BCUT2D eigenvalue weighted by molar-refractivity contribution is 5.76. The van der Waals surface area contributed by atoms with Crippen molar-refractivity contribution in [3.05, 3.63) is 24.0 Å². The second-order valence-electron chi connectivity index (χ2n) is 4.48. The molecule has 0 saturated carbocycles. The van der Waals surface area contributed by atoms with E-state index in [0.29, 0.717) is 6.61 Å². The lowest BCUT2D eigenvalue weighted by Gasteiger charge is -2.06. The first-order valence-electron chi connectivity index (χ1n) is 6.62. The van der Waals surface area contributed by atoms with Gasteiger partial charge in [0.15, 0.2) is 0 Å². The minimum absolute atomic E-state index is 0.00658. The van der Waals surface area contributed by atoms with Crippen molar-refractivity contribution in [3.63, 3.8) is 0 Å². The summed E-state index contributed by atoms with van der Waals surface area (Å²) in [4.78, 5) is 7.82. The van der Waals surface area contributed by atoms with E-state index in [1.165, 1.54) is 0 Å². The number of aromatic nitrogens is 2. The van der Waals surface area contributed by atoms with E-state index in [4.69, 9.17) is 10.5 Å².